The Hall–Kier alpha value is -2.45. The number of hydrogen-bond acceptors (Lipinski definition) is 6. The third kappa shape index (κ3) is 4.00. The Labute approximate surface area is 174 Å². The van der Waals surface area contributed by atoms with Crippen LogP contribution in [0.3, 0.4) is 0 Å². The highest BCUT2D eigenvalue weighted by Crippen LogP contribution is 2.34. The number of nitrogens with two attached hydrogens (primary N) is 1. The Bertz CT molecular complexity index is 1010. The van der Waals surface area contributed by atoms with Gasteiger partial charge in [0.25, 0.3) is 5.91 Å². The summed E-state index contributed by atoms with van der Waals surface area (Å²) in [5, 5.41) is 7.58. The van der Waals surface area contributed by atoms with Gasteiger partial charge in [-0.05, 0) is 32.3 Å². The first-order chi connectivity index (χ1) is 14.1. The van der Waals surface area contributed by atoms with Crippen LogP contribution in [0, 0.1) is 0 Å². The van der Waals surface area contributed by atoms with Crippen molar-refractivity contribution in [3.05, 3.63) is 34.4 Å². The molecule has 3 heterocycles. The molecule has 29 heavy (non-hydrogen) atoms. The Morgan fingerprint density at radius 1 is 1.31 bits per heavy atom. The molecular formula is C21H27N5O2S. The summed E-state index contributed by atoms with van der Waals surface area (Å²) in [7, 11) is 0. The molecule has 1 fully saturated rings. The smallest absolute Gasteiger partial charge is 0.261 e. The third-order valence-corrected chi connectivity index (χ3v) is 6.70. The maximum absolute atomic E-state index is 12.9. The van der Waals surface area contributed by atoms with E-state index in [0.29, 0.717) is 17.2 Å². The molecule has 2 atom stereocenters. The van der Waals surface area contributed by atoms with E-state index in [-0.39, 0.29) is 18.0 Å². The van der Waals surface area contributed by atoms with E-state index in [0.717, 1.165) is 53.8 Å². The number of aromatic nitrogens is 3. The van der Waals surface area contributed by atoms with E-state index in [1.807, 2.05) is 19.2 Å². The number of carbonyl (C=O) groups is 1. The van der Waals surface area contributed by atoms with Gasteiger partial charge < -0.3 is 15.8 Å². The average Bonchev–Trinajstić information content (AvgIpc) is 3.33. The molecule has 0 spiro atoms. The van der Waals surface area contributed by atoms with Crippen molar-refractivity contribution in [3.8, 4) is 16.9 Å². The van der Waals surface area contributed by atoms with Crippen LogP contribution in [0.2, 0.25) is 0 Å². The van der Waals surface area contributed by atoms with Crippen LogP contribution < -0.4 is 15.8 Å². The molecule has 3 aromatic heterocycles. The largest absolute Gasteiger partial charge is 0.491 e. The van der Waals surface area contributed by atoms with Crippen molar-refractivity contribution in [2.75, 3.05) is 6.61 Å². The number of nitrogens with zero attached hydrogens (tertiary/aromatic N) is 3. The lowest BCUT2D eigenvalue weighted by Crippen LogP contribution is -2.49. The highest BCUT2D eigenvalue weighted by molar-refractivity contribution is 7.14. The predicted molar refractivity (Wildman–Crippen MR) is 115 cm³/mol. The van der Waals surface area contributed by atoms with Crippen LogP contribution in [-0.4, -0.2) is 39.2 Å². The highest BCUT2D eigenvalue weighted by Gasteiger charge is 2.25. The summed E-state index contributed by atoms with van der Waals surface area (Å²) in [6.45, 7) is 4.61. The molecule has 0 saturated heterocycles. The van der Waals surface area contributed by atoms with Crippen LogP contribution >= 0.6 is 11.3 Å². The summed E-state index contributed by atoms with van der Waals surface area (Å²) in [5.41, 5.74) is 8.89. The lowest BCUT2D eigenvalue weighted by Gasteiger charge is -2.29. The van der Waals surface area contributed by atoms with Crippen LogP contribution in [0.15, 0.2) is 24.7 Å². The number of carbonyl (C=O) groups excluding carboxylic acids is 1. The van der Waals surface area contributed by atoms with Crippen molar-refractivity contribution >= 4 is 22.9 Å². The lowest BCUT2D eigenvalue weighted by atomic mass is 9.91. The van der Waals surface area contributed by atoms with E-state index in [1.165, 1.54) is 11.3 Å². The molecule has 3 N–H and O–H groups in total. The monoisotopic (exact) mass is 413 g/mol. The fourth-order valence-corrected chi connectivity index (χ4v) is 4.92. The first-order valence-corrected chi connectivity index (χ1v) is 11.1. The molecule has 7 nitrogen and oxygen atoms in total. The number of rotatable bonds is 6. The molecule has 0 aromatic carbocycles. The number of ether oxygens (including phenoxy) is 1. The van der Waals surface area contributed by atoms with Gasteiger partial charge >= 0.3 is 0 Å². The average molecular weight is 414 g/mol. The van der Waals surface area contributed by atoms with Crippen molar-refractivity contribution in [1.29, 1.82) is 0 Å². The topological polar surface area (TPSA) is 94.5 Å². The maximum Gasteiger partial charge on any atom is 0.261 e. The number of amides is 1. The minimum absolute atomic E-state index is 0.0404. The maximum atomic E-state index is 12.9. The van der Waals surface area contributed by atoms with Crippen molar-refractivity contribution in [2.45, 2.75) is 58.0 Å². The van der Waals surface area contributed by atoms with Gasteiger partial charge in [-0.25, -0.2) is 9.50 Å². The quantitative estimate of drug-likeness (QED) is 0.646. The standard InChI is InChI=1S/C21H27N5O2S/c1-3-18-14(15-11-24-26-12-13(28-4-2)10-23-20(15)26)9-19(29-18)21(27)25-17-8-6-5-7-16(17)22/h9-12,16-17H,3-8,22H2,1-2H3,(H,25,27). The summed E-state index contributed by atoms with van der Waals surface area (Å²) >= 11 is 1.53. The molecule has 8 heteroatoms. The molecule has 0 aliphatic heterocycles. The number of thiophene rings is 1. The van der Waals surface area contributed by atoms with E-state index in [1.54, 1.807) is 16.9 Å². The van der Waals surface area contributed by atoms with Crippen molar-refractivity contribution < 1.29 is 9.53 Å². The SMILES string of the molecule is CCOc1cnc2c(-c3cc(C(=O)NC4CCCCC4N)sc3CC)cnn2c1. The molecule has 154 valence electrons. The zero-order valence-corrected chi connectivity index (χ0v) is 17.7. The van der Waals surface area contributed by atoms with Gasteiger partial charge in [0, 0.05) is 28.1 Å². The van der Waals surface area contributed by atoms with Gasteiger partial charge in [0.05, 0.1) is 30.1 Å². The first-order valence-electron chi connectivity index (χ1n) is 10.3. The van der Waals surface area contributed by atoms with E-state index >= 15 is 0 Å². The second-order valence-corrected chi connectivity index (χ2v) is 8.52. The Morgan fingerprint density at radius 3 is 2.90 bits per heavy atom. The van der Waals surface area contributed by atoms with Gasteiger partial charge in [0.15, 0.2) is 11.4 Å². The van der Waals surface area contributed by atoms with Crippen LogP contribution in [0.5, 0.6) is 5.75 Å². The zero-order valence-electron chi connectivity index (χ0n) is 16.9. The van der Waals surface area contributed by atoms with Crippen LogP contribution in [-0.2, 0) is 6.42 Å². The predicted octanol–water partition coefficient (Wildman–Crippen LogP) is 3.42. The summed E-state index contributed by atoms with van der Waals surface area (Å²) < 4.78 is 7.23. The second kappa shape index (κ2) is 8.51. The fraction of sp³-hybridized carbons (Fsp3) is 0.476. The normalized spacial score (nSPS) is 19.4. The van der Waals surface area contributed by atoms with Gasteiger partial charge in [-0.15, -0.1) is 11.3 Å². The van der Waals surface area contributed by atoms with Gasteiger partial charge in [-0.3, -0.25) is 4.79 Å². The molecule has 1 saturated carbocycles. The Morgan fingerprint density at radius 2 is 2.14 bits per heavy atom. The number of fused-ring (bicyclic) bond motifs is 1. The van der Waals surface area contributed by atoms with Crippen molar-refractivity contribution in [3.63, 3.8) is 0 Å². The van der Waals surface area contributed by atoms with Crippen LogP contribution in [0.1, 0.15) is 54.1 Å². The number of nitrogens with one attached hydrogen (secondary N) is 1. The van der Waals surface area contributed by atoms with Gasteiger partial charge in [0.1, 0.15) is 0 Å². The molecular weight excluding hydrogens is 386 g/mol. The second-order valence-electron chi connectivity index (χ2n) is 7.38. The van der Waals surface area contributed by atoms with Crippen molar-refractivity contribution in [1.82, 2.24) is 19.9 Å². The molecule has 2 unspecified atom stereocenters. The summed E-state index contributed by atoms with van der Waals surface area (Å²) in [6, 6.07) is 2.06. The molecule has 1 aliphatic rings. The minimum atomic E-state index is -0.0404. The molecule has 0 radical (unpaired) electrons. The molecule has 1 amide bonds. The molecule has 1 aliphatic carbocycles. The van der Waals surface area contributed by atoms with Gasteiger partial charge in [0.2, 0.25) is 0 Å². The zero-order chi connectivity index (χ0) is 20.4. The summed E-state index contributed by atoms with van der Waals surface area (Å²) in [5.74, 6) is 0.640. The Balaban J connectivity index is 1.62. The number of aryl methyl sites for hydroxylation is 1. The van der Waals surface area contributed by atoms with E-state index in [9.17, 15) is 4.79 Å². The van der Waals surface area contributed by atoms with Gasteiger partial charge in [-0.1, -0.05) is 19.8 Å². The fourth-order valence-electron chi connectivity index (χ4n) is 3.90. The lowest BCUT2D eigenvalue weighted by molar-refractivity contribution is 0.0925. The highest BCUT2D eigenvalue weighted by atomic mass is 32.1. The van der Waals surface area contributed by atoms with E-state index in [2.05, 4.69) is 22.3 Å². The van der Waals surface area contributed by atoms with E-state index in [4.69, 9.17) is 10.5 Å². The number of hydrogen-bond donors (Lipinski definition) is 2. The minimum Gasteiger partial charge on any atom is -0.491 e. The first kappa shape index (κ1) is 19.8. The molecule has 3 aromatic rings. The van der Waals surface area contributed by atoms with Crippen molar-refractivity contribution in [2.24, 2.45) is 5.73 Å². The van der Waals surface area contributed by atoms with E-state index < -0.39 is 0 Å². The molecule has 0 bridgehead atoms. The Kier molecular flexibility index (Phi) is 5.82. The van der Waals surface area contributed by atoms with Crippen LogP contribution in [0.25, 0.3) is 16.8 Å². The molecule has 4 rings (SSSR count). The summed E-state index contributed by atoms with van der Waals surface area (Å²) in [4.78, 5) is 19.3. The third-order valence-electron chi connectivity index (χ3n) is 5.42. The van der Waals surface area contributed by atoms with Gasteiger partial charge in [-0.2, -0.15) is 5.10 Å². The summed E-state index contributed by atoms with van der Waals surface area (Å²) in [6.07, 6.45) is 10.4. The van der Waals surface area contributed by atoms with Crippen LogP contribution in [0.4, 0.5) is 0 Å².